The zero-order valence-corrected chi connectivity index (χ0v) is 10.8. The molecule has 0 radical (unpaired) electrons. The summed E-state index contributed by atoms with van der Waals surface area (Å²) in [6.07, 6.45) is -5.09. The van der Waals surface area contributed by atoms with E-state index in [1.807, 2.05) is 0 Å². The predicted octanol–water partition coefficient (Wildman–Crippen LogP) is 0.530. The van der Waals surface area contributed by atoms with Crippen molar-refractivity contribution in [1.82, 2.24) is 4.90 Å². The highest BCUT2D eigenvalue weighted by Gasteiger charge is 2.44. The normalized spacial score (nSPS) is 23.1. The Morgan fingerprint density at radius 2 is 2.26 bits per heavy atom. The molecular formula is C11H19F3N2O3. The number of hydrogen-bond acceptors (Lipinski definition) is 5. The van der Waals surface area contributed by atoms with E-state index < -0.39 is 24.3 Å². The first-order valence-electron chi connectivity index (χ1n) is 6.07. The molecule has 2 N–H and O–H groups in total. The van der Waals surface area contributed by atoms with Crippen LogP contribution in [0.2, 0.25) is 0 Å². The molecule has 2 unspecified atom stereocenters. The van der Waals surface area contributed by atoms with Crippen LogP contribution in [-0.2, 0) is 14.3 Å². The van der Waals surface area contributed by atoms with E-state index in [4.69, 9.17) is 10.5 Å². The number of nitrogens with zero attached hydrogens (tertiary/aromatic N) is 1. The molecular weight excluding hydrogens is 265 g/mol. The number of carbonyl (C=O) groups excluding carboxylic acids is 1. The summed E-state index contributed by atoms with van der Waals surface area (Å²) in [7, 11) is 1.23. The second-order valence-corrected chi connectivity index (χ2v) is 4.40. The van der Waals surface area contributed by atoms with Crippen LogP contribution in [0.1, 0.15) is 12.8 Å². The average molecular weight is 284 g/mol. The lowest BCUT2D eigenvalue weighted by Crippen LogP contribution is -2.54. The Bertz CT molecular complexity index is 299. The molecule has 0 spiro atoms. The lowest BCUT2D eigenvalue weighted by Gasteiger charge is -2.38. The SMILES string of the molecule is COC(=O)CC1CN(C(CCN)C(F)(F)F)CCO1. The van der Waals surface area contributed by atoms with E-state index >= 15 is 0 Å². The zero-order valence-electron chi connectivity index (χ0n) is 10.8. The highest BCUT2D eigenvalue weighted by atomic mass is 19.4. The second-order valence-electron chi connectivity index (χ2n) is 4.40. The van der Waals surface area contributed by atoms with Gasteiger partial charge in [0.05, 0.1) is 26.2 Å². The van der Waals surface area contributed by atoms with Crippen molar-refractivity contribution >= 4 is 5.97 Å². The number of halogens is 3. The van der Waals surface area contributed by atoms with Gasteiger partial charge in [0.2, 0.25) is 0 Å². The van der Waals surface area contributed by atoms with Crippen molar-refractivity contribution in [3.63, 3.8) is 0 Å². The molecule has 1 saturated heterocycles. The number of ether oxygens (including phenoxy) is 2. The van der Waals surface area contributed by atoms with Gasteiger partial charge in [-0.15, -0.1) is 0 Å². The first kappa shape index (κ1) is 16.2. The summed E-state index contributed by atoms with van der Waals surface area (Å²) < 4.78 is 48.5. The van der Waals surface area contributed by atoms with Crippen molar-refractivity contribution < 1.29 is 27.4 Å². The fourth-order valence-electron chi connectivity index (χ4n) is 2.13. The summed E-state index contributed by atoms with van der Waals surface area (Å²) in [4.78, 5) is 12.4. The predicted molar refractivity (Wildman–Crippen MR) is 61.5 cm³/mol. The first-order valence-corrected chi connectivity index (χ1v) is 6.07. The van der Waals surface area contributed by atoms with Gasteiger partial charge < -0.3 is 15.2 Å². The maximum Gasteiger partial charge on any atom is 0.404 e. The monoisotopic (exact) mass is 284 g/mol. The van der Waals surface area contributed by atoms with E-state index in [-0.39, 0.29) is 39.1 Å². The first-order chi connectivity index (χ1) is 8.88. The summed E-state index contributed by atoms with van der Waals surface area (Å²) >= 11 is 0. The summed E-state index contributed by atoms with van der Waals surface area (Å²) in [5.74, 6) is -0.491. The molecule has 0 aromatic rings. The van der Waals surface area contributed by atoms with Gasteiger partial charge in [-0.2, -0.15) is 13.2 Å². The van der Waals surface area contributed by atoms with Gasteiger partial charge in [0, 0.05) is 13.1 Å². The number of hydrogen-bond donors (Lipinski definition) is 1. The molecule has 8 heteroatoms. The topological polar surface area (TPSA) is 64.8 Å². The third kappa shape index (κ3) is 4.96. The van der Waals surface area contributed by atoms with Crippen LogP contribution in [0.4, 0.5) is 13.2 Å². The van der Waals surface area contributed by atoms with Gasteiger partial charge in [0.25, 0.3) is 0 Å². The molecule has 112 valence electrons. The van der Waals surface area contributed by atoms with Gasteiger partial charge in [0.15, 0.2) is 0 Å². The van der Waals surface area contributed by atoms with Crippen molar-refractivity contribution in [2.24, 2.45) is 5.73 Å². The third-order valence-corrected chi connectivity index (χ3v) is 3.05. The minimum absolute atomic E-state index is 0.0385. The van der Waals surface area contributed by atoms with Crippen LogP contribution in [0, 0.1) is 0 Å². The van der Waals surface area contributed by atoms with Crippen LogP contribution in [0.3, 0.4) is 0 Å². The standard InChI is InChI=1S/C11H19F3N2O3/c1-18-10(17)6-8-7-16(4-5-19-8)9(2-3-15)11(12,13)14/h8-9H,2-7,15H2,1H3. The molecule has 1 aliphatic rings. The van der Waals surface area contributed by atoms with Crippen molar-refractivity contribution in [3.8, 4) is 0 Å². The van der Waals surface area contributed by atoms with E-state index in [9.17, 15) is 18.0 Å². The lowest BCUT2D eigenvalue weighted by molar-refractivity contribution is -0.199. The molecule has 0 aromatic heterocycles. The van der Waals surface area contributed by atoms with Crippen LogP contribution >= 0.6 is 0 Å². The van der Waals surface area contributed by atoms with Crippen LogP contribution in [0.25, 0.3) is 0 Å². The molecule has 0 aliphatic carbocycles. The summed E-state index contributed by atoms with van der Waals surface area (Å²) in [6, 6.07) is -1.58. The Kier molecular flexibility index (Phi) is 6.02. The Hall–Kier alpha value is -0.860. The second kappa shape index (κ2) is 7.06. The molecule has 1 rings (SSSR count). The largest absolute Gasteiger partial charge is 0.469 e. The van der Waals surface area contributed by atoms with E-state index in [0.717, 1.165) is 0 Å². The van der Waals surface area contributed by atoms with Crippen LogP contribution in [-0.4, -0.2) is 62.5 Å². The van der Waals surface area contributed by atoms with E-state index in [1.54, 1.807) is 0 Å². The van der Waals surface area contributed by atoms with Gasteiger partial charge in [-0.3, -0.25) is 9.69 Å². The quantitative estimate of drug-likeness (QED) is 0.746. The summed E-state index contributed by atoms with van der Waals surface area (Å²) in [5, 5.41) is 0. The van der Waals surface area contributed by atoms with E-state index in [0.29, 0.717) is 0 Å². The van der Waals surface area contributed by atoms with Crippen molar-refractivity contribution in [1.29, 1.82) is 0 Å². The van der Waals surface area contributed by atoms with Crippen molar-refractivity contribution in [3.05, 3.63) is 0 Å². The molecule has 2 atom stereocenters. The number of methoxy groups -OCH3 is 1. The van der Waals surface area contributed by atoms with Gasteiger partial charge in [-0.25, -0.2) is 0 Å². The van der Waals surface area contributed by atoms with Crippen molar-refractivity contribution in [2.75, 3.05) is 33.4 Å². The minimum atomic E-state index is -4.33. The Balaban J connectivity index is 2.63. The maximum atomic E-state index is 12.9. The molecule has 0 aromatic carbocycles. The fraction of sp³-hybridized carbons (Fsp3) is 0.909. The third-order valence-electron chi connectivity index (χ3n) is 3.05. The van der Waals surface area contributed by atoms with Gasteiger partial charge in [-0.05, 0) is 13.0 Å². The average Bonchev–Trinajstić information content (AvgIpc) is 2.34. The number of rotatable bonds is 5. The summed E-state index contributed by atoms with van der Waals surface area (Å²) in [6.45, 7) is 0.364. The molecule has 0 bridgehead atoms. The lowest BCUT2D eigenvalue weighted by atomic mass is 10.1. The molecule has 0 amide bonds. The highest BCUT2D eigenvalue weighted by molar-refractivity contribution is 5.69. The molecule has 5 nitrogen and oxygen atoms in total. The summed E-state index contributed by atoms with van der Waals surface area (Å²) in [5.41, 5.74) is 5.24. The van der Waals surface area contributed by atoms with Crippen LogP contribution < -0.4 is 5.73 Å². The molecule has 1 fully saturated rings. The number of esters is 1. The Morgan fingerprint density at radius 3 is 2.79 bits per heavy atom. The number of nitrogens with two attached hydrogens (primary N) is 1. The number of morpholine rings is 1. The van der Waals surface area contributed by atoms with Gasteiger partial charge in [-0.1, -0.05) is 0 Å². The molecule has 19 heavy (non-hydrogen) atoms. The maximum absolute atomic E-state index is 12.9. The molecule has 1 heterocycles. The fourth-order valence-corrected chi connectivity index (χ4v) is 2.13. The molecule has 1 aliphatic heterocycles. The Morgan fingerprint density at radius 1 is 1.58 bits per heavy atom. The van der Waals surface area contributed by atoms with Crippen LogP contribution in [0.5, 0.6) is 0 Å². The van der Waals surface area contributed by atoms with Crippen LogP contribution in [0.15, 0.2) is 0 Å². The highest BCUT2D eigenvalue weighted by Crippen LogP contribution is 2.28. The minimum Gasteiger partial charge on any atom is -0.469 e. The number of alkyl halides is 3. The Labute approximate surface area is 109 Å². The van der Waals surface area contributed by atoms with E-state index in [1.165, 1.54) is 12.0 Å². The smallest absolute Gasteiger partial charge is 0.404 e. The molecule has 0 saturated carbocycles. The van der Waals surface area contributed by atoms with Gasteiger partial charge >= 0.3 is 12.1 Å². The van der Waals surface area contributed by atoms with Crippen molar-refractivity contribution in [2.45, 2.75) is 31.2 Å². The zero-order chi connectivity index (χ0) is 14.5. The number of carbonyl (C=O) groups is 1. The van der Waals surface area contributed by atoms with Gasteiger partial charge in [0.1, 0.15) is 6.04 Å². The van der Waals surface area contributed by atoms with E-state index in [2.05, 4.69) is 4.74 Å².